The fourth-order valence-electron chi connectivity index (χ4n) is 1.83. The first-order valence-corrected chi connectivity index (χ1v) is 5.42. The zero-order valence-electron chi connectivity index (χ0n) is 8.69. The Morgan fingerprint density at radius 2 is 1.80 bits per heavy atom. The Morgan fingerprint density at radius 1 is 1.13 bits per heavy atom. The molecule has 2 nitrogen and oxygen atoms in total. The fourth-order valence-corrected chi connectivity index (χ4v) is 1.83. The van der Waals surface area contributed by atoms with E-state index in [0.717, 1.165) is 37.7 Å². The second-order valence-corrected chi connectivity index (χ2v) is 3.87. The smallest absolute Gasteiger partial charge is 0.150 e. The molecule has 0 aliphatic heterocycles. The van der Waals surface area contributed by atoms with Gasteiger partial charge >= 0.3 is 0 Å². The molecule has 0 atom stereocenters. The molecular formula is C13H15O2. The molecule has 2 rings (SSSR count). The van der Waals surface area contributed by atoms with Crippen molar-refractivity contribution < 1.29 is 9.53 Å². The molecule has 0 heterocycles. The molecule has 0 aromatic heterocycles. The van der Waals surface area contributed by atoms with E-state index < -0.39 is 0 Å². The van der Waals surface area contributed by atoms with Crippen LogP contribution in [0.4, 0.5) is 0 Å². The van der Waals surface area contributed by atoms with Gasteiger partial charge in [0.25, 0.3) is 0 Å². The van der Waals surface area contributed by atoms with Gasteiger partial charge in [-0.3, -0.25) is 4.79 Å². The minimum atomic E-state index is 0.345. The summed E-state index contributed by atoms with van der Waals surface area (Å²) in [5, 5.41) is 0. The van der Waals surface area contributed by atoms with Crippen LogP contribution in [-0.2, 0) is 0 Å². The molecule has 2 heteroatoms. The third kappa shape index (κ3) is 2.82. The van der Waals surface area contributed by atoms with E-state index in [1.165, 1.54) is 0 Å². The predicted octanol–water partition coefficient (Wildman–Crippen LogP) is 3.02. The van der Waals surface area contributed by atoms with Crippen molar-refractivity contribution >= 4 is 6.29 Å². The van der Waals surface area contributed by atoms with Crippen LogP contribution >= 0.6 is 0 Å². The lowest BCUT2D eigenvalue weighted by atomic mass is 9.98. The summed E-state index contributed by atoms with van der Waals surface area (Å²) in [4.78, 5) is 10.5. The zero-order valence-corrected chi connectivity index (χ0v) is 8.69. The fraction of sp³-hybridized carbons (Fsp3) is 0.385. The molecule has 1 aliphatic carbocycles. The highest BCUT2D eigenvalue weighted by Gasteiger charge is 2.14. The summed E-state index contributed by atoms with van der Waals surface area (Å²) in [5.74, 6) is 0.868. The van der Waals surface area contributed by atoms with Crippen molar-refractivity contribution in [3.63, 3.8) is 0 Å². The van der Waals surface area contributed by atoms with E-state index in [1.54, 1.807) is 12.1 Å². The summed E-state index contributed by atoms with van der Waals surface area (Å²) in [6.07, 6.45) is 8.02. The van der Waals surface area contributed by atoms with Gasteiger partial charge in [-0.05, 0) is 56.4 Å². The van der Waals surface area contributed by atoms with Gasteiger partial charge < -0.3 is 4.74 Å². The molecule has 0 amide bonds. The van der Waals surface area contributed by atoms with E-state index in [1.807, 2.05) is 12.1 Å². The number of carbonyl (C=O) groups is 1. The van der Waals surface area contributed by atoms with Crippen LogP contribution in [0.2, 0.25) is 0 Å². The monoisotopic (exact) mass is 203 g/mol. The first kappa shape index (κ1) is 10.2. The van der Waals surface area contributed by atoms with Gasteiger partial charge in [-0.2, -0.15) is 0 Å². The van der Waals surface area contributed by atoms with Gasteiger partial charge in [0, 0.05) is 5.56 Å². The minimum absolute atomic E-state index is 0.345. The summed E-state index contributed by atoms with van der Waals surface area (Å²) in [6.45, 7) is 0. The van der Waals surface area contributed by atoms with E-state index in [4.69, 9.17) is 4.74 Å². The van der Waals surface area contributed by atoms with E-state index in [0.29, 0.717) is 11.7 Å². The molecule has 1 saturated carbocycles. The van der Waals surface area contributed by atoms with Gasteiger partial charge in [0.1, 0.15) is 12.0 Å². The van der Waals surface area contributed by atoms with Crippen molar-refractivity contribution in [3.05, 3.63) is 36.2 Å². The molecule has 1 aromatic rings. The maximum Gasteiger partial charge on any atom is 0.150 e. The van der Waals surface area contributed by atoms with E-state index in [2.05, 4.69) is 6.42 Å². The number of ether oxygens (including phenoxy) is 1. The van der Waals surface area contributed by atoms with Gasteiger partial charge in [-0.1, -0.05) is 0 Å². The van der Waals surface area contributed by atoms with Crippen LogP contribution in [0.15, 0.2) is 24.3 Å². The minimum Gasteiger partial charge on any atom is -0.490 e. The molecule has 0 spiro atoms. The van der Waals surface area contributed by atoms with E-state index in [9.17, 15) is 4.79 Å². The van der Waals surface area contributed by atoms with Crippen molar-refractivity contribution in [2.75, 3.05) is 0 Å². The van der Waals surface area contributed by atoms with Gasteiger partial charge in [0.15, 0.2) is 0 Å². The molecule has 0 saturated heterocycles. The Bertz CT molecular complexity index is 310. The largest absolute Gasteiger partial charge is 0.490 e. The lowest BCUT2D eigenvalue weighted by Gasteiger charge is -2.22. The predicted molar refractivity (Wildman–Crippen MR) is 59.0 cm³/mol. The Labute approximate surface area is 90.3 Å². The molecule has 79 valence electrons. The second-order valence-electron chi connectivity index (χ2n) is 3.87. The number of aldehydes is 1. The van der Waals surface area contributed by atoms with Gasteiger partial charge in [-0.15, -0.1) is 0 Å². The zero-order chi connectivity index (χ0) is 10.5. The SMILES string of the molecule is O=Cc1ccc(OC2CC[CH]CC2)cc1. The Kier molecular flexibility index (Phi) is 3.38. The first-order valence-electron chi connectivity index (χ1n) is 5.42. The summed E-state index contributed by atoms with van der Waals surface area (Å²) < 4.78 is 5.82. The Morgan fingerprint density at radius 3 is 2.40 bits per heavy atom. The Balaban J connectivity index is 1.94. The van der Waals surface area contributed by atoms with Crippen molar-refractivity contribution in [1.82, 2.24) is 0 Å². The third-order valence-corrected chi connectivity index (χ3v) is 2.70. The lowest BCUT2D eigenvalue weighted by molar-refractivity contribution is 0.112. The normalized spacial score (nSPS) is 17.3. The lowest BCUT2D eigenvalue weighted by Crippen LogP contribution is -2.19. The number of hydrogen-bond donors (Lipinski definition) is 0. The highest BCUT2D eigenvalue weighted by Crippen LogP contribution is 2.22. The molecule has 15 heavy (non-hydrogen) atoms. The summed E-state index contributed by atoms with van der Waals surface area (Å²) in [5.41, 5.74) is 0.694. The number of carbonyl (C=O) groups excluding carboxylic acids is 1. The standard InChI is InChI=1S/C13H15O2/c14-10-11-6-8-13(9-7-11)15-12-4-2-1-3-5-12/h1,6-10,12H,2-5H2. The quantitative estimate of drug-likeness (QED) is 0.706. The van der Waals surface area contributed by atoms with Gasteiger partial charge in [0.05, 0.1) is 6.10 Å². The maximum atomic E-state index is 10.5. The molecule has 1 radical (unpaired) electrons. The van der Waals surface area contributed by atoms with Crippen LogP contribution in [0, 0.1) is 6.42 Å². The number of rotatable bonds is 3. The van der Waals surface area contributed by atoms with Crippen LogP contribution in [0.5, 0.6) is 5.75 Å². The van der Waals surface area contributed by atoms with Gasteiger partial charge in [-0.25, -0.2) is 0 Å². The van der Waals surface area contributed by atoms with Crippen molar-refractivity contribution in [2.24, 2.45) is 0 Å². The van der Waals surface area contributed by atoms with Crippen molar-refractivity contribution in [2.45, 2.75) is 31.8 Å². The summed E-state index contributed by atoms with van der Waals surface area (Å²) in [7, 11) is 0. The Hall–Kier alpha value is -1.31. The van der Waals surface area contributed by atoms with Crippen molar-refractivity contribution in [1.29, 1.82) is 0 Å². The first-order chi connectivity index (χ1) is 7.38. The molecule has 1 aromatic carbocycles. The van der Waals surface area contributed by atoms with Crippen LogP contribution in [0.25, 0.3) is 0 Å². The topological polar surface area (TPSA) is 26.3 Å². The highest BCUT2D eigenvalue weighted by atomic mass is 16.5. The molecule has 0 N–H and O–H groups in total. The number of benzene rings is 1. The molecular weight excluding hydrogens is 188 g/mol. The average Bonchev–Trinajstić information content (AvgIpc) is 2.31. The maximum absolute atomic E-state index is 10.5. The third-order valence-electron chi connectivity index (χ3n) is 2.70. The van der Waals surface area contributed by atoms with Crippen LogP contribution in [0.1, 0.15) is 36.0 Å². The summed E-state index contributed by atoms with van der Waals surface area (Å²) in [6, 6.07) is 7.30. The van der Waals surface area contributed by atoms with Crippen LogP contribution in [0.3, 0.4) is 0 Å². The van der Waals surface area contributed by atoms with Gasteiger partial charge in [0.2, 0.25) is 0 Å². The summed E-state index contributed by atoms with van der Waals surface area (Å²) >= 11 is 0. The molecule has 0 bridgehead atoms. The van der Waals surface area contributed by atoms with Crippen molar-refractivity contribution in [3.8, 4) is 5.75 Å². The second kappa shape index (κ2) is 4.96. The number of hydrogen-bond acceptors (Lipinski definition) is 2. The highest BCUT2D eigenvalue weighted by molar-refractivity contribution is 5.74. The van der Waals surface area contributed by atoms with Crippen LogP contribution < -0.4 is 4.74 Å². The molecule has 1 fully saturated rings. The average molecular weight is 203 g/mol. The molecule has 0 unspecified atom stereocenters. The van der Waals surface area contributed by atoms with E-state index in [-0.39, 0.29) is 0 Å². The van der Waals surface area contributed by atoms with Crippen LogP contribution in [-0.4, -0.2) is 12.4 Å². The van der Waals surface area contributed by atoms with E-state index >= 15 is 0 Å². The molecule has 1 aliphatic rings.